The van der Waals surface area contributed by atoms with Crippen LogP contribution >= 0.6 is 15.9 Å². The molecule has 0 radical (unpaired) electrons. The highest BCUT2D eigenvalue weighted by Crippen LogP contribution is 2.23. The third-order valence-electron chi connectivity index (χ3n) is 3.75. The molecule has 126 valence electrons. The summed E-state index contributed by atoms with van der Waals surface area (Å²) in [5.41, 5.74) is 0.905. The van der Waals surface area contributed by atoms with Gasteiger partial charge in [0.05, 0.1) is 24.2 Å². The van der Waals surface area contributed by atoms with Crippen LogP contribution in [0.3, 0.4) is 0 Å². The van der Waals surface area contributed by atoms with Crippen LogP contribution in [-0.4, -0.2) is 17.3 Å². The van der Waals surface area contributed by atoms with E-state index < -0.39 is 10.0 Å². The SMILES string of the molecule is Cn1cccc1CN(Cc1ccco1)S(=O)(=O)c1ccc(Br)cc1. The molecule has 0 unspecified atom stereocenters. The van der Waals surface area contributed by atoms with Crippen molar-refractivity contribution >= 4 is 26.0 Å². The zero-order valence-corrected chi connectivity index (χ0v) is 15.5. The number of rotatable bonds is 6. The van der Waals surface area contributed by atoms with Gasteiger partial charge in [0, 0.05) is 23.4 Å². The van der Waals surface area contributed by atoms with Gasteiger partial charge < -0.3 is 8.98 Å². The standard InChI is InChI=1S/C17H17BrN2O3S/c1-19-10-2-4-15(19)12-20(13-16-5-3-11-23-16)24(21,22)17-8-6-14(18)7-9-17/h2-11H,12-13H2,1H3. The number of nitrogens with zero attached hydrogens (tertiary/aromatic N) is 2. The molecule has 0 atom stereocenters. The molecule has 2 heterocycles. The van der Waals surface area contributed by atoms with Gasteiger partial charge in [-0.1, -0.05) is 15.9 Å². The molecule has 0 bridgehead atoms. The molecule has 3 aromatic rings. The predicted molar refractivity (Wildman–Crippen MR) is 94.7 cm³/mol. The Labute approximate surface area is 149 Å². The van der Waals surface area contributed by atoms with Gasteiger partial charge in [0.15, 0.2) is 0 Å². The summed E-state index contributed by atoms with van der Waals surface area (Å²) in [5, 5.41) is 0. The molecule has 5 nitrogen and oxygen atoms in total. The molecule has 0 aliphatic rings. The number of aromatic nitrogens is 1. The number of furan rings is 1. The zero-order valence-electron chi connectivity index (χ0n) is 13.1. The largest absolute Gasteiger partial charge is 0.468 e. The Bertz CT molecular complexity index is 900. The Balaban J connectivity index is 1.96. The van der Waals surface area contributed by atoms with Crippen molar-refractivity contribution in [2.24, 2.45) is 7.05 Å². The number of benzene rings is 1. The van der Waals surface area contributed by atoms with Crippen molar-refractivity contribution in [2.75, 3.05) is 0 Å². The fourth-order valence-electron chi connectivity index (χ4n) is 2.40. The molecule has 0 saturated carbocycles. The fraction of sp³-hybridized carbons (Fsp3) is 0.176. The number of hydrogen-bond acceptors (Lipinski definition) is 3. The Kier molecular flexibility index (Phi) is 4.93. The van der Waals surface area contributed by atoms with Gasteiger partial charge in [0.25, 0.3) is 0 Å². The van der Waals surface area contributed by atoms with Gasteiger partial charge in [0.2, 0.25) is 10.0 Å². The first-order chi connectivity index (χ1) is 11.5. The van der Waals surface area contributed by atoms with Crippen molar-refractivity contribution < 1.29 is 12.8 Å². The fourth-order valence-corrected chi connectivity index (χ4v) is 4.04. The highest BCUT2D eigenvalue weighted by Gasteiger charge is 2.26. The van der Waals surface area contributed by atoms with Crippen LogP contribution in [-0.2, 0) is 30.2 Å². The van der Waals surface area contributed by atoms with E-state index in [2.05, 4.69) is 15.9 Å². The van der Waals surface area contributed by atoms with E-state index in [1.807, 2.05) is 29.9 Å². The highest BCUT2D eigenvalue weighted by molar-refractivity contribution is 9.10. The summed E-state index contributed by atoms with van der Waals surface area (Å²) in [6.45, 7) is 0.444. The lowest BCUT2D eigenvalue weighted by Crippen LogP contribution is -2.30. The maximum Gasteiger partial charge on any atom is 0.243 e. The first kappa shape index (κ1) is 17.0. The minimum absolute atomic E-state index is 0.177. The second-order valence-electron chi connectivity index (χ2n) is 5.42. The molecule has 0 aliphatic carbocycles. The van der Waals surface area contributed by atoms with Gasteiger partial charge in [-0.3, -0.25) is 0 Å². The van der Waals surface area contributed by atoms with Gasteiger partial charge >= 0.3 is 0 Å². The highest BCUT2D eigenvalue weighted by atomic mass is 79.9. The number of sulfonamides is 1. The smallest absolute Gasteiger partial charge is 0.243 e. The molecule has 0 fully saturated rings. The molecule has 7 heteroatoms. The van der Waals surface area contributed by atoms with E-state index in [1.165, 1.54) is 4.31 Å². The van der Waals surface area contributed by atoms with Crippen molar-refractivity contribution in [3.63, 3.8) is 0 Å². The summed E-state index contributed by atoms with van der Waals surface area (Å²) in [6, 6.07) is 14.0. The molecule has 1 aromatic carbocycles. The van der Waals surface area contributed by atoms with Crippen molar-refractivity contribution in [1.29, 1.82) is 0 Å². The molecular weight excluding hydrogens is 392 g/mol. The lowest BCUT2D eigenvalue weighted by molar-refractivity contribution is 0.353. The van der Waals surface area contributed by atoms with Crippen molar-refractivity contribution in [2.45, 2.75) is 18.0 Å². The minimum Gasteiger partial charge on any atom is -0.468 e. The van der Waals surface area contributed by atoms with Gasteiger partial charge in [-0.2, -0.15) is 4.31 Å². The predicted octanol–water partition coefficient (Wildman–Crippen LogP) is 3.77. The van der Waals surface area contributed by atoms with Crippen LogP contribution in [0.15, 0.2) is 74.8 Å². The summed E-state index contributed by atoms with van der Waals surface area (Å²) in [7, 11) is -1.75. The van der Waals surface area contributed by atoms with Crippen LogP contribution in [0, 0.1) is 0 Å². The molecule has 0 saturated heterocycles. The average molecular weight is 409 g/mol. The summed E-state index contributed by atoms with van der Waals surface area (Å²) in [4.78, 5) is 0.256. The summed E-state index contributed by atoms with van der Waals surface area (Å²) in [6.07, 6.45) is 3.44. The molecule has 24 heavy (non-hydrogen) atoms. The van der Waals surface area contributed by atoms with Crippen LogP contribution in [0.1, 0.15) is 11.5 Å². The summed E-state index contributed by atoms with van der Waals surface area (Å²) < 4.78 is 35.6. The monoisotopic (exact) mass is 408 g/mol. The van der Waals surface area contributed by atoms with Gasteiger partial charge in [-0.05, 0) is 48.5 Å². The second kappa shape index (κ2) is 6.96. The number of aryl methyl sites for hydroxylation is 1. The molecule has 0 aliphatic heterocycles. The topological polar surface area (TPSA) is 55.5 Å². The molecule has 0 amide bonds. The van der Waals surface area contributed by atoms with Crippen LogP contribution in [0.2, 0.25) is 0 Å². The van der Waals surface area contributed by atoms with E-state index >= 15 is 0 Å². The van der Waals surface area contributed by atoms with Crippen molar-refractivity contribution in [1.82, 2.24) is 8.87 Å². The first-order valence-electron chi connectivity index (χ1n) is 7.35. The van der Waals surface area contributed by atoms with Crippen molar-refractivity contribution in [3.05, 3.63) is 76.9 Å². The molecule has 3 rings (SSSR count). The average Bonchev–Trinajstić information content (AvgIpc) is 3.19. The maximum absolute atomic E-state index is 13.1. The summed E-state index contributed by atoms with van der Waals surface area (Å²) >= 11 is 3.33. The first-order valence-corrected chi connectivity index (χ1v) is 9.58. The van der Waals surface area contributed by atoms with Crippen molar-refractivity contribution in [3.8, 4) is 0 Å². The lowest BCUT2D eigenvalue weighted by Gasteiger charge is -2.21. The van der Waals surface area contributed by atoms with Crippen LogP contribution in [0.25, 0.3) is 0 Å². The molecular formula is C17H17BrN2O3S. The van der Waals surface area contributed by atoms with Gasteiger partial charge in [0.1, 0.15) is 5.76 Å². The van der Waals surface area contributed by atoms with E-state index in [4.69, 9.17) is 4.42 Å². The Morgan fingerprint density at radius 2 is 1.83 bits per heavy atom. The van der Waals surface area contributed by atoms with Gasteiger partial charge in [-0.25, -0.2) is 8.42 Å². The zero-order chi connectivity index (χ0) is 17.2. The normalized spacial score (nSPS) is 12.0. The van der Waals surface area contributed by atoms with Crippen LogP contribution < -0.4 is 0 Å². The third-order valence-corrected chi connectivity index (χ3v) is 6.09. The van der Waals surface area contributed by atoms with E-state index in [0.717, 1.165) is 10.2 Å². The molecule has 0 spiro atoms. The lowest BCUT2D eigenvalue weighted by atomic mass is 10.4. The van der Waals surface area contributed by atoms with Crippen LogP contribution in [0.5, 0.6) is 0 Å². The van der Waals surface area contributed by atoms with E-state index in [1.54, 1.807) is 42.7 Å². The van der Waals surface area contributed by atoms with Gasteiger partial charge in [-0.15, -0.1) is 0 Å². The second-order valence-corrected chi connectivity index (χ2v) is 8.27. The quantitative estimate of drug-likeness (QED) is 0.623. The maximum atomic E-state index is 13.1. The van der Waals surface area contributed by atoms with E-state index in [0.29, 0.717) is 5.76 Å². The Morgan fingerprint density at radius 1 is 1.08 bits per heavy atom. The Morgan fingerprint density at radius 3 is 2.42 bits per heavy atom. The summed E-state index contributed by atoms with van der Waals surface area (Å²) in [5.74, 6) is 0.602. The number of hydrogen-bond donors (Lipinski definition) is 0. The number of halogens is 1. The third kappa shape index (κ3) is 3.63. The van der Waals surface area contributed by atoms with E-state index in [-0.39, 0.29) is 18.0 Å². The van der Waals surface area contributed by atoms with Crippen LogP contribution in [0.4, 0.5) is 0 Å². The minimum atomic E-state index is -3.65. The Hall–Kier alpha value is -1.83. The molecule has 2 aromatic heterocycles. The molecule has 0 N–H and O–H groups in total. The van der Waals surface area contributed by atoms with E-state index in [9.17, 15) is 8.42 Å².